The number of likely N-dealkylation sites (N-methyl/N-ethyl adjacent to an activating group) is 1. The van der Waals surface area contributed by atoms with Crippen LogP contribution in [0, 0.1) is 5.41 Å². The molecule has 0 radical (unpaired) electrons. The van der Waals surface area contributed by atoms with E-state index in [-0.39, 0.29) is 11.9 Å². The van der Waals surface area contributed by atoms with Gasteiger partial charge in [0.2, 0.25) is 5.91 Å². The van der Waals surface area contributed by atoms with Crippen LogP contribution in [0.3, 0.4) is 0 Å². The van der Waals surface area contributed by atoms with Crippen molar-refractivity contribution < 1.29 is 9.53 Å². The number of amides is 1. The first-order valence-corrected chi connectivity index (χ1v) is 12.2. The molecule has 3 fully saturated rings. The number of ether oxygens (including phenoxy) is 1. The zero-order valence-electron chi connectivity index (χ0n) is 19.7. The molecule has 3 aliphatic rings. The van der Waals surface area contributed by atoms with Crippen LogP contribution in [0.5, 0.6) is 5.75 Å². The Labute approximate surface area is 196 Å². The van der Waals surface area contributed by atoms with Gasteiger partial charge in [-0.25, -0.2) is 4.99 Å². The molecule has 1 atom stereocenters. The molecule has 6 nitrogen and oxygen atoms in total. The fourth-order valence-electron chi connectivity index (χ4n) is 5.80. The Morgan fingerprint density at radius 3 is 2.21 bits per heavy atom. The first-order valence-electron chi connectivity index (χ1n) is 12.2. The van der Waals surface area contributed by atoms with Gasteiger partial charge in [-0.1, -0.05) is 37.5 Å². The first-order chi connectivity index (χ1) is 16.1. The third kappa shape index (κ3) is 4.06. The molecule has 0 unspecified atom stereocenters. The lowest BCUT2D eigenvalue weighted by Gasteiger charge is -2.44. The Balaban J connectivity index is 1.64. The largest absolute Gasteiger partial charge is 0.497 e. The molecular weight excluding hydrogens is 412 g/mol. The van der Waals surface area contributed by atoms with Crippen LogP contribution in [0.2, 0.25) is 0 Å². The number of methoxy groups -OCH3 is 1. The number of aliphatic imine (C=N–C) groups is 1. The number of rotatable bonds is 4. The molecule has 1 spiro atoms. The lowest BCUT2D eigenvalue weighted by atomic mass is 9.69. The second kappa shape index (κ2) is 9.27. The van der Waals surface area contributed by atoms with E-state index in [9.17, 15) is 4.79 Å². The summed E-state index contributed by atoms with van der Waals surface area (Å²) in [5, 5.41) is 0. The number of hydrogen-bond donors (Lipinski definition) is 0. The maximum absolute atomic E-state index is 14.3. The van der Waals surface area contributed by atoms with Crippen LogP contribution in [0.25, 0.3) is 0 Å². The van der Waals surface area contributed by atoms with Gasteiger partial charge in [0.05, 0.1) is 29.9 Å². The van der Waals surface area contributed by atoms with Gasteiger partial charge in [-0.15, -0.1) is 0 Å². The Bertz CT molecular complexity index is 991. The van der Waals surface area contributed by atoms with E-state index in [1.54, 1.807) is 7.11 Å². The molecule has 2 saturated heterocycles. The van der Waals surface area contributed by atoms with Crippen LogP contribution < -0.4 is 9.64 Å². The van der Waals surface area contributed by atoms with Gasteiger partial charge >= 0.3 is 0 Å². The van der Waals surface area contributed by atoms with Gasteiger partial charge in [0.1, 0.15) is 11.6 Å². The molecule has 0 aromatic heterocycles. The van der Waals surface area contributed by atoms with Crippen molar-refractivity contribution in [1.29, 1.82) is 0 Å². The van der Waals surface area contributed by atoms with Crippen LogP contribution in [0.15, 0.2) is 59.6 Å². The number of piperazine rings is 1. The van der Waals surface area contributed by atoms with Gasteiger partial charge in [-0.2, -0.15) is 0 Å². The average Bonchev–Trinajstić information content (AvgIpc) is 3.08. The van der Waals surface area contributed by atoms with E-state index in [1.807, 2.05) is 59.5 Å². The summed E-state index contributed by atoms with van der Waals surface area (Å²) in [5.41, 5.74) is 1.37. The van der Waals surface area contributed by atoms with Gasteiger partial charge in [0, 0.05) is 26.2 Å². The highest BCUT2D eigenvalue weighted by molar-refractivity contribution is 6.27. The number of para-hydroxylation sites is 1. The zero-order valence-corrected chi connectivity index (χ0v) is 19.7. The lowest BCUT2D eigenvalue weighted by Crippen LogP contribution is -2.57. The van der Waals surface area contributed by atoms with E-state index in [0.29, 0.717) is 0 Å². The molecule has 1 aliphatic carbocycles. The molecule has 0 N–H and O–H groups in total. The second-order valence-electron chi connectivity index (χ2n) is 9.60. The number of carbonyl (C=O) groups is 1. The number of anilines is 1. The molecule has 1 amide bonds. The average molecular weight is 447 g/mol. The van der Waals surface area contributed by atoms with Crippen molar-refractivity contribution in [3.05, 3.63) is 54.6 Å². The first kappa shape index (κ1) is 22.1. The molecule has 2 aromatic rings. The van der Waals surface area contributed by atoms with Crippen molar-refractivity contribution in [3.8, 4) is 5.75 Å². The van der Waals surface area contributed by atoms with Crippen molar-refractivity contribution in [2.24, 2.45) is 10.4 Å². The molecule has 5 rings (SSSR count). The summed E-state index contributed by atoms with van der Waals surface area (Å²) < 4.78 is 5.34. The fourth-order valence-corrected chi connectivity index (χ4v) is 5.80. The minimum absolute atomic E-state index is 0.00121. The van der Waals surface area contributed by atoms with Crippen molar-refractivity contribution in [2.75, 3.05) is 45.2 Å². The van der Waals surface area contributed by atoms with E-state index in [4.69, 9.17) is 9.73 Å². The summed E-state index contributed by atoms with van der Waals surface area (Å²) in [6, 6.07) is 17.9. The van der Waals surface area contributed by atoms with Crippen LogP contribution in [-0.4, -0.2) is 67.9 Å². The molecular formula is C27H34N4O2. The summed E-state index contributed by atoms with van der Waals surface area (Å²) in [7, 11) is 3.85. The summed E-state index contributed by atoms with van der Waals surface area (Å²) in [5.74, 6) is 1.91. The predicted octanol–water partition coefficient (Wildman–Crippen LogP) is 4.34. The molecule has 0 bridgehead atoms. The minimum atomic E-state index is -0.394. The predicted molar refractivity (Wildman–Crippen MR) is 132 cm³/mol. The highest BCUT2D eigenvalue weighted by atomic mass is 16.5. The number of nitrogens with zero attached hydrogens (tertiary/aromatic N) is 4. The molecule has 174 valence electrons. The third-order valence-corrected chi connectivity index (χ3v) is 7.61. The van der Waals surface area contributed by atoms with Crippen LogP contribution in [0.1, 0.15) is 32.1 Å². The topological polar surface area (TPSA) is 48.4 Å². The normalized spacial score (nSPS) is 25.2. The Morgan fingerprint density at radius 1 is 0.909 bits per heavy atom. The highest BCUT2D eigenvalue weighted by Gasteiger charge is 2.60. The maximum atomic E-state index is 14.3. The SMILES string of the molecule is COc1ccc(N=C2[C@H](N3CCN(C)CC3)C3(CCCCC3)C(=O)N2c2ccccc2)cc1. The summed E-state index contributed by atoms with van der Waals surface area (Å²) in [6.07, 6.45) is 5.30. The smallest absolute Gasteiger partial charge is 0.240 e. The Kier molecular flexibility index (Phi) is 6.21. The number of carbonyl (C=O) groups excluding carboxylic acids is 1. The number of amidine groups is 1. The maximum Gasteiger partial charge on any atom is 0.240 e. The van der Waals surface area contributed by atoms with E-state index in [0.717, 1.165) is 74.8 Å². The van der Waals surface area contributed by atoms with Crippen molar-refractivity contribution >= 4 is 23.1 Å². The Hall–Kier alpha value is -2.70. The van der Waals surface area contributed by atoms with Crippen LogP contribution in [-0.2, 0) is 4.79 Å². The molecule has 2 aromatic carbocycles. The van der Waals surface area contributed by atoms with E-state index in [1.165, 1.54) is 6.42 Å². The van der Waals surface area contributed by atoms with Crippen LogP contribution in [0.4, 0.5) is 11.4 Å². The minimum Gasteiger partial charge on any atom is -0.497 e. The third-order valence-electron chi connectivity index (χ3n) is 7.61. The van der Waals surface area contributed by atoms with E-state index in [2.05, 4.69) is 16.8 Å². The monoisotopic (exact) mass is 446 g/mol. The highest BCUT2D eigenvalue weighted by Crippen LogP contribution is 2.49. The van der Waals surface area contributed by atoms with Crippen molar-refractivity contribution in [1.82, 2.24) is 9.80 Å². The Morgan fingerprint density at radius 2 is 1.58 bits per heavy atom. The second-order valence-corrected chi connectivity index (χ2v) is 9.60. The summed E-state index contributed by atoms with van der Waals surface area (Å²) >= 11 is 0. The molecule has 1 saturated carbocycles. The van der Waals surface area contributed by atoms with Gasteiger partial charge in [0.25, 0.3) is 0 Å². The zero-order chi connectivity index (χ0) is 22.8. The van der Waals surface area contributed by atoms with Gasteiger partial charge in [-0.05, 0) is 56.3 Å². The number of hydrogen-bond acceptors (Lipinski definition) is 5. The molecule has 2 aliphatic heterocycles. The van der Waals surface area contributed by atoms with Gasteiger partial charge < -0.3 is 9.64 Å². The van der Waals surface area contributed by atoms with Gasteiger partial charge in [-0.3, -0.25) is 14.6 Å². The molecule has 6 heteroatoms. The van der Waals surface area contributed by atoms with Crippen molar-refractivity contribution in [3.63, 3.8) is 0 Å². The van der Waals surface area contributed by atoms with Crippen LogP contribution >= 0.6 is 0 Å². The fraction of sp³-hybridized carbons (Fsp3) is 0.481. The van der Waals surface area contributed by atoms with E-state index < -0.39 is 5.41 Å². The van der Waals surface area contributed by atoms with Crippen molar-refractivity contribution in [2.45, 2.75) is 38.1 Å². The quantitative estimate of drug-likeness (QED) is 0.701. The molecule has 33 heavy (non-hydrogen) atoms. The standard InChI is InChI=1S/C27H34N4O2/c1-29-17-19-30(20-18-29)24-25(28-21-11-13-23(33-2)14-12-21)31(22-9-5-3-6-10-22)26(32)27(24)15-7-4-8-16-27/h3,5-6,9-14,24H,4,7-8,15-20H2,1-2H3/t24-/m0/s1. The lowest BCUT2D eigenvalue weighted by molar-refractivity contribution is -0.130. The summed E-state index contributed by atoms with van der Waals surface area (Å²) in [6.45, 7) is 3.95. The van der Waals surface area contributed by atoms with Gasteiger partial charge in [0.15, 0.2) is 0 Å². The summed E-state index contributed by atoms with van der Waals surface area (Å²) in [4.78, 5) is 26.3. The molecule has 2 heterocycles. The van der Waals surface area contributed by atoms with E-state index >= 15 is 0 Å². The number of benzene rings is 2.